The smallest absolute Gasteiger partial charge is 0.251 e. The van der Waals surface area contributed by atoms with E-state index in [1.807, 2.05) is 31.2 Å². The van der Waals surface area contributed by atoms with Gasteiger partial charge in [0.1, 0.15) is 5.75 Å². The quantitative estimate of drug-likeness (QED) is 0.347. The molecule has 0 amide bonds. The van der Waals surface area contributed by atoms with Gasteiger partial charge in [0.2, 0.25) is 0 Å². The lowest BCUT2D eigenvalue weighted by atomic mass is 9.68. The van der Waals surface area contributed by atoms with Gasteiger partial charge in [-0.3, -0.25) is 0 Å². The van der Waals surface area contributed by atoms with Crippen LogP contribution in [0.1, 0.15) is 77.2 Å². The minimum atomic E-state index is -2.56. The van der Waals surface area contributed by atoms with Crippen LogP contribution in [0.2, 0.25) is 0 Å². The van der Waals surface area contributed by atoms with Gasteiger partial charge in [-0.2, -0.15) is 0 Å². The molecule has 1 aromatic rings. The van der Waals surface area contributed by atoms with Gasteiger partial charge < -0.3 is 14.2 Å². The zero-order valence-electron chi connectivity index (χ0n) is 19.3. The van der Waals surface area contributed by atoms with E-state index in [0.29, 0.717) is 26.2 Å². The fraction of sp³-hybridized carbons (Fsp3) is 0.769. The molecule has 2 atom stereocenters. The Hall–Kier alpha value is -1.20. The molecule has 0 aromatic heterocycles. The van der Waals surface area contributed by atoms with Crippen molar-refractivity contribution < 1.29 is 23.0 Å². The summed E-state index contributed by atoms with van der Waals surface area (Å²) in [6.45, 7) is 6.48. The fourth-order valence-corrected chi connectivity index (χ4v) is 5.16. The largest absolute Gasteiger partial charge is 0.494 e. The van der Waals surface area contributed by atoms with Crippen molar-refractivity contribution in [1.29, 1.82) is 0 Å². The van der Waals surface area contributed by atoms with Crippen LogP contribution in [-0.2, 0) is 16.1 Å². The van der Waals surface area contributed by atoms with Gasteiger partial charge in [-0.15, -0.1) is 0 Å². The van der Waals surface area contributed by atoms with Crippen molar-refractivity contribution in [2.45, 2.75) is 90.3 Å². The summed E-state index contributed by atoms with van der Waals surface area (Å²) in [6, 6.07) is 8.09. The second-order valence-corrected chi connectivity index (χ2v) is 9.37. The van der Waals surface area contributed by atoms with Crippen molar-refractivity contribution >= 4 is 0 Å². The first-order chi connectivity index (χ1) is 15.0. The predicted molar refractivity (Wildman–Crippen MR) is 120 cm³/mol. The Kier molecular flexibility index (Phi) is 9.58. The molecule has 2 unspecified atom stereocenters. The van der Waals surface area contributed by atoms with Gasteiger partial charge in [0, 0.05) is 25.6 Å². The molecule has 176 valence electrons. The molecule has 0 heterocycles. The van der Waals surface area contributed by atoms with Crippen LogP contribution < -0.4 is 4.74 Å². The molecule has 2 aliphatic rings. The first kappa shape index (κ1) is 24.4. The van der Waals surface area contributed by atoms with Crippen molar-refractivity contribution in [2.24, 2.45) is 17.8 Å². The maximum absolute atomic E-state index is 14.8. The zero-order valence-corrected chi connectivity index (χ0v) is 19.3. The van der Waals surface area contributed by atoms with Crippen molar-refractivity contribution in [3.63, 3.8) is 0 Å². The summed E-state index contributed by atoms with van der Waals surface area (Å²) in [5, 5.41) is 0. The zero-order chi connectivity index (χ0) is 22.1. The monoisotopic (exact) mass is 438 g/mol. The summed E-state index contributed by atoms with van der Waals surface area (Å²) < 4.78 is 46.9. The number of halogens is 2. The van der Waals surface area contributed by atoms with Crippen LogP contribution in [0.4, 0.5) is 8.78 Å². The van der Waals surface area contributed by atoms with Crippen LogP contribution in [-0.4, -0.2) is 31.8 Å². The van der Waals surface area contributed by atoms with E-state index in [4.69, 9.17) is 14.2 Å². The number of hydrogen-bond donors (Lipinski definition) is 0. The minimum absolute atomic E-state index is 0.00769. The van der Waals surface area contributed by atoms with Crippen molar-refractivity contribution in [1.82, 2.24) is 0 Å². The molecule has 0 radical (unpaired) electrons. The number of benzene rings is 1. The van der Waals surface area contributed by atoms with E-state index in [1.54, 1.807) is 0 Å². The molecule has 0 saturated heterocycles. The molecule has 0 N–H and O–H groups in total. The van der Waals surface area contributed by atoms with E-state index < -0.39 is 11.8 Å². The highest BCUT2D eigenvalue weighted by molar-refractivity contribution is 5.26. The highest BCUT2D eigenvalue weighted by Crippen LogP contribution is 2.48. The van der Waals surface area contributed by atoms with Crippen molar-refractivity contribution in [3.05, 3.63) is 29.8 Å². The van der Waals surface area contributed by atoms with E-state index >= 15 is 0 Å². The summed E-state index contributed by atoms with van der Waals surface area (Å²) in [7, 11) is 0. The molecule has 3 rings (SSSR count). The van der Waals surface area contributed by atoms with Crippen molar-refractivity contribution in [3.8, 4) is 5.75 Å². The third-order valence-corrected chi connectivity index (χ3v) is 7.01. The summed E-state index contributed by atoms with van der Waals surface area (Å²) in [4.78, 5) is 0. The normalized spacial score (nSPS) is 28.4. The summed E-state index contributed by atoms with van der Waals surface area (Å²) in [6.07, 6.45) is 7.34. The molecule has 2 fully saturated rings. The second-order valence-electron chi connectivity index (χ2n) is 9.37. The maximum Gasteiger partial charge on any atom is 0.251 e. The highest BCUT2D eigenvalue weighted by Gasteiger charge is 2.48. The van der Waals surface area contributed by atoms with Crippen LogP contribution in [0.5, 0.6) is 5.75 Å². The first-order valence-electron chi connectivity index (χ1n) is 12.3. The SMILES string of the molecule is CCCCOc1ccc(COC2CCC(C3CCC(COCC)CC3(F)F)CC2)cc1. The average Bonchev–Trinajstić information content (AvgIpc) is 2.77. The topological polar surface area (TPSA) is 27.7 Å². The molecule has 3 nitrogen and oxygen atoms in total. The van der Waals surface area contributed by atoms with E-state index in [1.165, 1.54) is 0 Å². The maximum atomic E-state index is 14.8. The highest BCUT2D eigenvalue weighted by atomic mass is 19.3. The number of rotatable bonds is 11. The number of ether oxygens (including phenoxy) is 3. The fourth-order valence-electron chi connectivity index (χ4n) is 5.16. The van der Waals surface area contributed by atoms with E-state index in [9.17, 15) is 8.78 Å². The lowest BCUT2D eigenvalue weighted by Crippen LogP contribution is -2.42. The predicted octanol–water partition coefficient (Wildman–Crippen LogP) is 7.03. The number of hydrogen-bond acceptors (Lipinski definition) is 3. The van der Waals surface area contributed by atoms with Crippen LogP contribution in [0.15, 0.2) is 24.3 Å². The van der Waals surface area contributed by atoms with E-state index in [-0.39, 0.29) is 24.4 Å². The lowest BCUT2D eigenvalue weighted by Gasteiger charge is -2.42. The van der Waals surface area contributed by atoms with Gasteiger partial charge >= 0.3 is 0 Å². The Morgan fingerprint density at radius 1 is 0.968 bits per heavy atom. The van der Waals surface area contributed by atoms with Crippen molar-refractivity contribution in [2.75, 3.05) is 19.8 Å². The van der Waals surface area contributed by atoms with Gasteiger partial charge in [0.15, 0.2) is 0 Å². The second kappa shape index (κ2) is 12.2. The molecule has 1 aromatic carbocycles. The molecular weight excluding hydrogens is 398 g/mol. The average molecular weight is 439 g/mol. The van der Waals surface area contributed by atoms with Gasteiger partial charge in [-0.25, -0.2) is 8.78 Å². The van der Waals surface area contributed by atoms with Gasteiger partial charge in [0.05, 0.1) is 19.3 Å². The van der Waals surface area contributed by atoms with Crippen LogP contribution in [0, 0.1) is 17.8 Å². The standard InChI is InChI=1S/C26H40F2O3/c1-3-5-16-30-23-11-6-20(7-12-23)19-31-24-13-9-22(10-14-24)25-15-8-21(18-29-4-2)17-26(25,27)28/h6-7,11-12,21-22,24-25H,3-5,8-10,13-19H2,1-2H3. The Bertz CT molecular complexity index is 626. The molecule has 2 saturated carbocycles. The number of unbranched alkanes of at least 4 members (excludes halogenated alkanes) is 1. The summed E-state index contributed by atoms with van der Waals surface area (Å²) in [5.41, 5.74) is 1.13. The van der Waals surface area contributed by atoms with Gasteiger partial charge in [0.25, 0.3) is 5.92 Å². The molecule has 0 aliphatic heterocycles. The van der Waals surface area contributed by atoms with Crippen LogP contribution in [0.25, 0.3) is 0 Å². The Morgan fingerprint density at radius 2 is 1.71 bits per heavy atom. The Morgan fingerprint density at radius 3 is 2.35 bits per heavy atom. The molecule has 0 spiro atoms. The summed E-state index contributed by atoms with van der Waals surface area (Å²) in [5.74, 6) is -1.99. The summed E-state index contributed by atoms with van der Waals surface area (Å²) >= 11 is 0. The third-order valence-electron chi connectivity index (χ3n) is 7.01. The van der Waals surface area contributed by atoms with Gasteiger partial charge in [-0.05, 0) is 81.4 Å². The van der Waals surface area contributed by atoms with E-state index in [0.717, 1.165) is 62.9 Å². The van der Waals surface area contributed by atoms with Gasteiger partial charge in [-0.1, -0.05) is 25.5 Å². The lowest BCUT2D eigenvalue weighted by molar-refractivity contribution is -0.138. The molecule has 31 heavy (non-hydrogen) atoms. The molecule has 5 heteroatoms. The Balaban J connectivity index is 1.39. The Labute approximate surface area is 186 Å². The minimum Gasteiger partial charge on any atom is -0.494 e. The molecule has 0 bridgehead atoms. The van der Waals surface area contributed by atoms with E-state index in [2.05, 4.69) is 6.92 Å². The first-order valence-corrected chi connectivity index (χ1v) is 12.3. The van der Waals surface area contributed by atoms with Crippen LogP contribution >= 0.6 is 0 Å². The third kappa shape index (κ3) is 7.42. The molecular formula is C26H40F2O3. The molecule has 2 aliphatic carbocycles. The number of alkyl halides is 2. The van der Waals surface area contributed by atoms with Crippen LogP contribution in [0.3, 0.4) is 0 Å².